The molecule has 2 amide bonds. The highest BCUT2D eigenvalue weighted by molar-refractivity contribution is 5.98. The van der Waals surface area contributed by atoms with Gasteiger partial charge in [-0.25, -0.2) is 4.79 Å². The van der Waals surface area contributed by atoms with Gasteiger partial charge in [-0.15, -0.1) is 0 Å². The number of allylic oxidation sites excluding steroid dienone is 1. The van der Waals surface area contributed by atoms with Crippen molar-refractivity contribution < 1.29 is 14.0 Å². The van der Waals surface area contributed by atoms with Crippen LogP contribution in [0, 0.1) is 0 Å². The Balaban J connectivity index is 2.51. The maximum Gasteiger partial charge on any atom is 0.322 e. The predicted molar refractivity (Wildman–Crippen MR) is 65.7 cm³/mol. The summed E-state index contributed by atoms with van der Waals surface area (Å²) in [4.78, 5) is 25.3. The molecule has 2 heterocycles. The lowest BCUT2D eigenvalue weighted by Gasteiger charge is -2.33. The zero-order valence-electron chi connectivity index (χ0n) is 10.7. The number of amides is 2. The number of furan rings is 1. The summed E-state index contributed by atoms with van der Waals surface area (Å²) in [6.07, 6.45) is 1.53. The van der Waals surface area contributed by atoms with Crippen LogP contribution in [0.2, 0.25) is 0 Å². The molecular formula is C13H16N2O3. The molecule has 0 aromatic carbocycles. The van der Waals surface area contributed by atoms with Gasteiger partial charge in [-0.1, -0.05) is 0 Å². The molecule has 96 valence electrons. The molecule has 0 unspecified atom stereocenters. The zero-order chi connectivity index (χ0) is 13.3. The standard InChI is InChI=1S/C13H16N2O3/c1-4-15-8(2)11(9(3)16)12(14-13(15)17)10-6-5-7-18-10/h5-7,12H,4H2,1-3H3,(H,14,17)/t12-/m0/s1. The molecule has 0 saturated carbocycles. The molecule has 0 saturated heterocycles. The Hall–Kier alpha value is -2.04. The van der Waals surface area contributed by atoms with Crippen molar-refractivity contribution in [3.63, 3.8) is 0 Å². The van der Waals surface area contributed by atoms with Gasteiger partial charge in [0.2, 0.25) is 0 Å². The van der Waals surface area contributed by atoms with Crippen molar-refractivity contribution in [2.24, 2.45) is 0 Å². The van der Waals surface area contributed by atoms with E-state index in [2.05, 4.69) is 5.32 Å². The normalized spacial score (nSPS) is 20.1. The second kappa shape index (κ2) is 4.68. The van der Waals surface area contributed by atoms with Crippen LogP contribution in [0.15, 0.2) is 34.1 Å². The summed E-state index contributed by atoms with van der Waals surface area (Å²) in [5.74, 6) is 0.510. The van der Waals surface area contributed by atoms with Crippen molar-refractivity contribution in [1.29, 1.82) is 0 Å². The number of Topliss-reactive ketones (excluding diaryl/α,β-unsaturated/α-hetero) is 1. The van der Waals surface area contributed by atoms with Crippen molar-refractivity contribution in [3.05, 3.63) is 35.4 Å². The molecule has 1 atom stereocenters. The number of rotatable bonds is 3. The minimum atomic E-state index is -0.493. The fraction of sp³-hybridized carbons (Fsp3) is 0.385. The third-order valence-electron chi connectivity index (χ3n) is 3.12. The fourth-order valence-corrected chi connectivity index (χ4v) is 2.29. The molecule has 1 aliphatic rings. The second-order valence-corrected chi connectivity index (χ2v) is 4.20. The van der Waals surface area contributed by atoms with E-state index in [1.807, 2.05) is 6.92 Å². The number of carbonyl (C=O) groups excluding carboxylic acids is 2. The van der Waals surface area contributed by atoms with Crippen LogP contribution in [-0.4, -0.2) is 23.3 Å². The van der Waals surface area contributed by atoms with E-state index in [1.54, 1.807) is 24.0 Å². The lowest BCUT2D eigenvalue weighted by molar-refractivity contribution is -0.114. The summed E-state index contributed by atoms with van der Waals surface area (Å²) in [5, 5.41) is 2.80. The number of carbonyl (C=O) groups is 2. The Morgan fingerprint density at radius 2 is 2.28 bits per heavy atom. The predicted octanol–water partition coefficient (Wildman–Crippen LogP) is 2.23. The Kier molecular flexibility index (Phi) is 3.23. The molecule has 1 aliphatic heterocycles. The van der Waals surface area contributed by atoms with Gasteiger partial charge in [0.15, 0.2) is 5.78 Å². The number of nitrogens with zero attached hydrogens (tertiary/aromatic N) is 1. The second-order valence-electron chi connectivity index (χ2n) is 4.20. The zero-order valence-corrected chi connectivity index (χ0v) is 10.7. The van der Waals surface area contributed by atoms with Crippen LogP contribution in [0.5, 0.6) is 0 Å². The van der Waals surface area contributed by atoms with E-state index in [9.17, 15) is 9.59 Å². The van der Waals surface area contributed by atoms with Gasteiger partial charge in [-0.3, -0.25) is 9.69 Å². The van der Waals surface area contributed by atoms with Gasteiger partial charge in [0.25, 0.3) is 0 Å². The molecule has 0 radical (unpaired) electrons. The van der Waals surface area contributed by atoms with Gasteiger partial charge in [0.1, 0.15) is 11.8 Å². The van der Waals surface area contributed by atoms with E-state index in [1.165, 1.54) is 13.2 Å². The smallest absolute Gasteiger partial charge is 0.322 e. The topological polar surface area (TPSA) is 62.6 Å². The highest BCUT2D eigenvalue weighted by atomic mass is 16.3. The fourth-order valence-electron chi connectivity index (χ4n) is 2.29. The number of hydrogen-bond donors (Lipinski definition) is 1. The molecule has 1 aromatic rings. The molecule has 2 rings (SSSR count). The third-order valence-corrected chi connectivity index (χ3v) is 3.12. The first-order chi connectivity index (χ1) is 8.56. The number of urea groups is 1. The van der Waals surface area contributed by atoms with Crippen LogP contribution in [0.3, 0.4) is 0 Å². The minimum absolute atomic E-state index is 0.0626. The first-order valence-corrected chi connectivity index (χ1v) is 5.89. The highest BCUT2D eigenvalue weighted by Gasteiger charge is 2.34. The van der Waals surface area contributed by atoms with Gasteiger partial charge in [-0.2, -0.15) is 0 Å². The summed E-state index contributed by atoms with van der Waals surface area (Å²) in [6.45, 7) is 5.68. The van der Waals surface area contributed by atoms with Crippen molar-refractivity contribution in [2.75, 3.05) is 6.54 Å². The summed E-state index contributed by atoms with van der Waals surface area (Å²) in [7, 11) is 0. The molecule has 0 spiro atoms. The average Bonchev–Trinajstić information content (AvgIpc) is 2.81. The van der Waals surface area contributed by atoms with Crippen molar-refractivity contribution in [1.82, 2.24) is 10.2 Å². The average molecular weight is 248 g/mol. The largest absolute Gasteiger partial charge is 0.467 e. The van der Waals surface area contributed by atoms with Crippen LogP contribution >= 0.6 is 0 Å². The Bertz CT molecular complexity index is 502. The van der Waals surface area contributed by atoms with Crippen molar-refractivity contribution in [3.8, 4) is 0 Å². The number of nitrogens with one attached hydrogen (secondary N) is 1. The molecule has 1 aromatic heterocycles. The molecular weight excluding hydrogens is 232 g/mol. The summed E-state index contributed by atoms with van der Waals surface area (Å²) in [5.41, 5.74) is 1.27. The molecule has 0 fully saturated rings. The van der Waals surface area contributed by atoms with E-state index >= 15 is 0 Å². The van der Waals surface area contributed by atoms with Crippen molar-refractivity contribution >= 4 is 11.8 Å². The molecule has 5 heteroatoms. The molecule has 0 bridgehead atoms. The van der Waals surface area contributed by atoms with Gasteiger partial charge < -0.3 is 9.73 Å². The SMILES string of the molecule is CCN1C(=O)N[C@@H](c2ccco2)C(C(C)=O)=C1C. The van der Waals surface area contributed by atoms with E-state index in [4.69, 9.17) is 4.42 Å². The van der Waals surface area contributed by atoms with Crippen LogP contribution in [0.1, 0.15) is 32.6 Å². The third kappa shape index (κ3) is 1.92. The van der Waals surface area contributed by atoms with Gasteiger partial charge >= 0.3 is 6.03 Å². The maximum absolute atomic E-state index is 11.9. The van der Waals surface area contributed by atoms with Crippen LogP contribution in [0.25, 0.3) is 0 Å². The Morgan fingerprint density at radius 1 is 1.56 bits per heavy atom. The van der Waals surface area contributed by atoms with E-state index in [-0.39, 0.29) is 11.8 Å². The van der Waals surface area contributed by atoms with Crippen LogP contribution < -0.4 is 5.32 Å². The van der Waals surface area contributed by atoms with E-state index in [0.717, 1.165) is 0 Å². The maximum atomic E-state index is 11.9. The van der Waals surface area contributed by atoms with E-state index in [0.29, 0.717) is 23.6 Å². The minimum Gasteiger partial charge on any atom is -0.467 e. The van der Waals surface area contributed by atoms with Crippen LogP contribution in [0.4, 0.5) is 4.79 Å². The number of hydrogen-bond acceptors (Lipinski definition) is 3. The first kappa shape index (κ1) is 12.4. The van der Waals surface area contributed by atoms with Gasteiger partial charge in [-0.05, 0) is 32.9 Å². The lowest BCUT2D eigenvalue weighted by Crippen LogP contribution is -2.47. The summed E-state index contributed by atoms with van der Waals surface area (Å²) < 4.78 is 5.30. The van der Waals surface area contributed by atoms with Gasteiger partial charge in [0, 0.05) is 17.8 Å². The molecule has 18 heavy (non-hydrogen) atoms. The monoisotopic (exact) mass is 248 g/mol. The Morgan fingerprint density at radius 3 is 2.78 bits per heavy atom. The Labute approximate surface area is 105 Å². The molecule has 5 nitrogen and oxygen atoms in total. The quantitative estimate of drug-likeness (QED) is 0.892. The van der Waals surface area contributed by atoms with Crippen molar-refractivity contribution in [2.45, 2.75) is 26.8 Å². The summed E-state index contributed by atoms with van der Waals surface area (Å²) in [6, 6.07) is 2.79. The number of ketones is 1. The molecule has 0 aliphatic carbocycles. The first-order valence-electron chi connectivity index (χ1n) is 5.89. The molecule has 1 N–H and O–H groups in total. The van der Waals surface area contributed by atoms with Gasteiger partial charge in [0.05, 0.1) is 6.26 Å². The highest BCUT2D eigenvalue weighted by Crippen LogP contribution is 2.30. The van der Waals surface area contributed by atoms with E-state index < -0.39 is 6.04 Å². The summed E-state index contributed by atoms with van der Waals surface area (Å²) >= 11 is 0. The lowest BCUT2D eigenvalue weighted by atomic mass is 9.96. The van der Waals surface area contributed by atoms with Crippen LogP contribution in [-0.2, 0) is 4.79 Å².